The van der Waals surface area contributed by atoms with E-state index in [2.05, 4.69) is 15.0 Å². The van der Waals surface area contributed by atoms with Crippen molar-refractivity contribution in [2.24, 2.45) is 17.8 Å². The molecule has 1 aromatic carbocycles. The number of imidazole rings is 1. The molecule has 3 aromatic heterocycles. The largest absolute Gasteiger partial charge is 0.469 e. The van der Waals surface area contributed by atoms with Gasteiger partial charge in [0.05, 0.1) is 31.9 Å². The molecule has 9 nitrogen and oxygen atoms in total. The quantitative estimate of drug-likeness (QED) is 0.306. The number of nitrogens with zero attached hydrogens (tertiary/aromatic N) is 5. The maximum atomic E-state index is 15.3. The van der Waals surface area contributed by atoms with Crippen LogP contribution in [0.4, 0.5) is 19.1 Å². The SMILES string of the molecule is COC(=O)C1C2COCC1CN(c1ncc(-c3cn4c(Cc5ccccc5OC(F)F)c(C)nc4cc3F)cn1)C2. The van der Waals surface area contributed by atoms with Gasteiger partial charge in [0.25, 0.3) is 0 Å². The first-order chi connectivity index (χ1) is 19.8. The van der Waals surface area contributed by atoms with Gasteiger partial charge in [0, 0.05) is 78.4 Å². The topological polar surface area (TPSA) is 91.1 Å². The molecule has 4 aromatic rings. The summed E-state index contributed by atoms with van der Waals surface area (Å²) in [5.41, 5.74) is 3.05. The van der Waals surface area contributed by atoms with Crippen LogP contribution in [0.25, 0.3) is 16.8 Å². The number of carbonyl (C=O) groups is 1. The standard InChI is InChI=1S/C29H28F3N5O4/c1-16-23(7-17-5-3-4-6-24(17)41-28(31)32)37-13-21(22(30)8-25(37)35-16)18-9-33-29(34-10-18)36-11-19-14-40-15-20(12-36)26(19)27(38)39-2/h3-6,8-10,13,19-20,26,28H,7,11-12,14-15H2,1-2H3. The van der Waals surface area contributed by atoms with E-state index in [-0.39, 0.29) is 41.5 Å². The van der Waals surface area contributed by atoms with E-state index in [1.54, 1.807) is 48.1 Å². The smallest absolute Gasteiger partial charge is 0.387 e. The molecule has 0 aliphatic carbocycles. The van der Waals surface area contributed by atoms with E-state index in [0.717, 1.165) is 0 Å². The fourth-order valence-corrected chi connectivity index (χ4v) is 5.94. The zero-order chi connectivity index (χ0) is 28.7. The van der Waals surface area contributed by atoms with Crippen molar-refractivity contribution in [2.75, 3.05) is 38.3 Å². The summed E-state index contributed by atoms with van der Waals surface area (Å²) in [6, 6.07) is 7.90. The van der Waals surface area contributed by atoms with Crippen LogP contribution in [0.2, 0.25) is 0 Å². The minimum Gasteiger partial charge on any atom is -0.469 e. The number of piperidine rings is 1. The van der Waals surface area contributed by atoms with Gasteiger partial charge < -0.3 is 23.5 Å². The van der Waals surface area contributed by atoms with E-state index in [4.69, 9.17) is 14.2 Å². The molecule has 6 rings (SSSR count). The van der Waals surface area contributed by atoms with E-state index in [1.165, 1.54) is 19.2 Å². The molecule has 0 radical (unpaired) electrons. The van der Waals surface area contributed by atoms with Crippen molar-refractivity contribution >= 4 is 17.6 Å². The number of alkyl halides is 2. The van der Waals surface area contributed by atoms with E-state index in [9.17, 15) is 13.6 Å². The number of ether oxygens (including phenoxy) is 3. The van der Waals surface area contributed by atoms with Crippen LogP contribution >= 0.6 is 0 Å². The lowest BCUT2D eigenvalue weighted by atomic mass is 9.76. The number of benzene rings is 1. The third-order valence-corrected chi connectivity index (χ3v) is 7.85. The number of esters is 1. The maximum Gasteiger partial charge on any atom is 0.387 e. The summed E-state index contributed by atoms with van der Waals surface area (Å²) in [6.07, 6.45) is 5.02. The molecule has 2 fully saturated rings. The molecule has 41 heavy (non-hydrogen) atoms. The van der Waals surface area contributed by atoms with Crippen LogP contribution in [0, 0.1) is 30.5 Å². The number of fused-ring (bicyclic) bond motifs is 3. The molecular formula is C29H28F3N5O4. The van der Waals surface area contributed by atoms with Crippen LogP contribution < -0.4 is 9.64 Å². The first-order valence-corrected chi connectivity index (χ1v) is 13.2. The van der Waals surface area contributed by atoms with Crippen molar-refractivity contribution in [3.63, 3.8) is 0 Å². The lowest BCUT2D eigenvalue weighted by molar-refractivity contribution is -0.158. The molecule has 0 amide bonds. The van der Waals surface area contributed by atoms with Gasteiger partial charge in [0.2, 0.25) is 5.95 Å². The normalized spacial score (nSPS) is 20.4. The molecule has 0 spiro atoms. The number of methoxy groups -OCH3 is 1. The Labute approximate surface area is 233 Å². The van der Waals surface area contributed by atoms with Crippen molar-refractivity contribution in [2.45, 2.75) is 20.0 Å². The zero-order valence-electron chi connectivity index (χ0n) is 22.5. The molecule has 2 aliphatic heterocycles. The second-order valence-corrected chi connectivity index (χ2v) is 10.4. The maximum absolute atomic E-state index is 15.3. The number of carbonyl (C=O) groups excluding carboxylic acids is 1. The van der Waals surface area contributed by atoms with Gasteiger partial charge in [-0.25, -0.2) is 19.3 Å². The number of para-hydroxylation sites is 1. The summed E-state index contributed by atoms with van der Waals surface area (Å²) in [5, 5.41) is 0. The van der Waals surface area contributed by atoms with E-state index in [1.807, 2.05) is 4.90 Å². The van der Waals surface area contributed by atoms with Gasteiger partial charge in [0.15, 0.2) is 0 Å². The Hall–Kier alpha value is -4.19. The molecule has 2 atom stereocenters. The van der Waals surface area contributed by atoms with Crippen molar-refractivity contribution < 1.29 is 32.2 Å². The fourth-order valence-electron chi connectivity index (χ4n) is 5.94. The molecule has 5 heterocycles. The highest BCUT2D eigenvalue weighted by Gasteiger charge is 2.45. The van der Waals surface area contributed by atoms with Gasteiger partial charge in [0.1, 0.15) is 17.2 Å². The van der Waals surface area contributed by atoms with Gasteiger partial charge in [-0.05, 0) is 13.0 Å². The number of aromatic nitrogens is 4. The Balaban J connectivity index is 1.28. The molecule has 2 aliphatic rings. The molecule has 214 valence electrons. The number of halogens is 3. The van der Waals surface area contributed by atoms with Gasteiger partial charge >= 0.3 is 12.6 Å². The third kappa shape index (κ3) is 5.19. The van der Waals surface area contributed by atoms with Gasteiger partial charge in [-0.15, -0.1) is 0 Å². The summed E-state index contributed by atoms with van der Waals surface area (Å²) in [6.45, 7) is 0.853. The highest BCUT2D eigenvalue weighted by molar-refractivity contribution is 5.74. The number of hydrogen-bond acceptors (Lipinski definition) is 8. The number of anilines is 1. The minimum absolute atomic E-state index is 0.0304. The predicted molar refractivity (Wildman–Crippen MR) is 142 cm³/mol. The predicted octanol–water partition coefficient (Wildman–Crippen LogP) is 4.30. The lowest BCUT2D eigenvalue weighted by Gasteiger charge is -2.45. The van der Waals surface area contributed by atoms with Crippen LogP contribution in [0.5, 0.6) is 5.75 Å². The number of pyridine rings is 1. The van der Waals surface area contributed by atoms with Crippen LogP contribution in [-0.4, -0.2) is 65.3 Å². The summed E-state index contributed by atoms with van der Waals surface area (Å²) < 4.78 is 58.3. The molecule has 0 saturated carbocycles. The Morgan fingerprint density at radius 2 is 1.85 bits per heavy atom. The third-order valence-electron chi connectivity index (χ3n) is 7.85. The van der Waals surface area contributed by atoms with E-state index in [0.29, 0.717) is 60.4 Å². The van der Waals surface area contributed by atoms with Gasteiger partial charge in [-0.2, -0.15) is 8.78 Å². The Kier molecular flexibility index (Phi) is 7.24. The second kappa shape index (κ2) is 11.0. The van der Waals surface area contributed by atoms with Crippen molar-refractivity contribution in [1.29, 1.82) is 0 Å². The van der Waals surface area contributed by atoms with Crippen LogP contribution in [0.15, 0.2) is 48.9 Å². The van der Waals surface area contributed by atoms with Crippen LogP contribution in [-0.2, 0) is 20.7 Å². The van der Waals surface area contributed by atoms with Crippen molar-refractivity contribution in [3.8, 4) is 16.9 Å². The van der Waals surface area contributed by atoms with Gasteiger partial charge in [-0.1, -0.05) is 18.2 Å². The molecule has 2 unspecified atom stereocenters. The van der Waals surface area contributed by atoms with Crippen molar-refractivity contribution in [1.82, 2.24) is 19.4 Å². The Bertz CT molecular complexity index is 1560. The average molecular weight is 568 g/mol. The molecule has 0 N–H and O–H groups in total. The van der Waals surface area contributed by atoms with Crippen molar-refractivity contribution in [3.05, 3.63) is 71.7 Å². The Morgan fingerprint density at radius 1 is 1.15 bits per heavy atom. The monoisotopic (exact) mass is 567 g/mol. The summed E-state index contributed by atoms with van der Waals surface area (Å²) >= 11 is 0. The number of aryl methyl sites for hydroxylation is 1. The summed E-state index contributed by atoms with van der Waals surface area (Å²) in [5.74, 6) is -0.414. The first kappa shape index (κ1) is 27.0. The van der Waals surface area contributed by atoms with Crippen LogP contribution in [0.3, 0.4) is 0 Å². The first-order valence-electron chi connectivity index (χ1n) is 13.2. The fraction of sp³-hybridized carbons (Fsp3) is 0.379. The van der Waals surface area contributed by atoms with E-state index >= 15 is 4.39 Å². The number of rotatable bonds is 7. The highest BCUT2D eigenvalue weighted by Crippen LogP contribution is 2.36. The zero-order valence-corrected chi connectivity index (χ0v) is 22.5. The lowest BCUT2D eigenvalue weighted by Crippen LogP contribution is -2.55. The minimum atomic E-state index is -2.95. The molecule has 12 heteroatoms. The molecular weight excluding hydrogens is 539 g/mol. The van der Waals surface area contributed by atoms with Crippen LogP contribution in [0.1, 0.15) is 17.0 Å². The van der Waals surface area contributed by atoms with Gasteiger partial charge in [-0.3, -0.25) is 4.79 Å². The second-order valence-electron chi connectivity index (χ2n) is 10.4. The molecule has 2 bridgehead atoms. The Morgan fingerprint density at radius 3 is 2.54 bits per heavy atom. The average Bonchev–Trinajstić information content (AvgIpc) is 3.25. The summed E-state index contributed by atoms with van der Waals surface area (Å²) in [7, 11) is 1.40. The van der Waals surface area contributed by atoms with E-state index < -0.39 is 12.4 Å². The molecule has 2 saturated heterocycles. The number of hydrogen-bond donors (Lipinski definition) is 0. The highest BCUT2D eigenvalue weighted by atomic mass is 19.3. The summed E-state index contributed by atoms with van der Waals surface area (Å²) in [4.78, 5) is 27.9.